The summed E-state index contributed by atoms with van der Waals surface area (Å²) in [5.41, 5.74) is -2.27. The van der Waals surface area contributed by atoms with Crippen LogP contribution in [-0.4, -0.2) is 47.0 Å². The lowest BCUT2D eigenvalue weighted by Gasteiger charge is -2.51. The Morgan fingerprint density at radius 1 is 1.28 bits per heavy atom. The van der Waals surface area contributed by atoms with Gasteiger partial charge in [0.1, 0.15) is 5.60 Å². The van der Waals surface area contributed by atoms with E-state index < -0.39 is 41.0 Å². The fraction of sp³-hybridized carbons (Fsp3) is 0.611. The summed E-state index contributed by atoms with van der Waals surface area (Å²) in [7, 11) is 0. The number of aliphatic hydroxyl groups is 1. The standard InChI is InChI=1S/C18H23F2NO4/c1-17(2,3)25-16(22)21-11-7-18(23,8-12(21)10-24-9-11)13-5-4-6-14(19)15(13)20/h4-6,11-12,23H,7-10H2,1-3H3. The molecule has 138 valence electrons. The first-order valence-corrected chi connectivity index (χ1v) is 8.37. The third-order valence-corrected chi connectivity index (χ3v) is 4.61. The summed E-state index contributed by atoms with van der Waals surface area (Å²) < 4.78 is 38.8. The van der Waals surface area contributed by atoms with Gasteiger partial charge in [-0.15, -0.1) is 0 Å². The van der Waals surface area contributed by atoms with Crippen molar-refractivity contribution in [3.63, 3.8) is 0 Å². The van der Waals surface area contributed by atoms with Crippen LogP contribution in [0.15, 0.2) is 18.2 Å². The van der Waals surface area contributed by atoms with Crippen molar-refractivity contribution in [1.82, 2.24) is 4.90 Å². The fourth-order valence-electron chi connectivity index (χ4n) is 3.67. The van der Waals surface area contributed by atoms with E-state index in [1.165, 1.54) is 12.1 Å². The first-order valence-electron chi connectivity index (χ1n) is 8.37. The van der Waals surface area contributed by atoms with E-state index in [1.807, 2.05) is 0 Å². The molecule has 3 rings (SSSR count). The quantitative estimate of drug-likeness (QED) is 0.841. The molecule has 2 fully saturated rings. The predicted octanol–water partition coefficient (Wildman–Crippen LogP) is 2.95. The average Bonchev–Trinajstić information content (AvgIpc) is 2.47. The molecule has 7 heteroatoms. The molecule has 0 aromatic heterocycles. The summed E-state index contributed by atoms with van der Waals surface area (Å²) in [6, 6.07) is 2.85. The van der Waals surface area contributed by atoms with Crippen molar-refractivity contribution in [2.45, 2.75) is 56.9 Å². The van der Waals surface area contributed by atoms with Gasteiger partial charge in [-0.2, -0.15) is 0 Å². The van der Waals surface area contributed by atoms with E-state index in [9.17, 15) is 18.7 Å². The third-order valence-electron chi connectivity index (χ3n) is 4.61. The molecule has 0 spiro atoms. The van der Waals surface area contributed by atoms with Crippen LogP contribution in [0.25, 0.3) is 0 Å². The number of carbonyl (C=O) groups excluding carboxylic acids is 1. The Hall–Kier alpha value is -1.73. The molecular weight excluding hydrogens is 332 g/mol. The lowest BCUT2D eigenvalue weighted by atomic mass is 9.76. The zero-order chi connectivity index (χ0) is 18.4. The number of ether oxygens (including phenoxy) is 2. The smallest absolute Gasteiger partial charge is 0.410 e. The Balaban J connectivity index is 1.88. The lowest BCUT2D eigenvalue weighted by Crippen LogP contribution is -2.63. The van der Waals surface area contributed by atoms with Gasteiger partial charge in [0.15, 0.2) is 11.6 Å². The largest absolute Gasteiger partial charge is 0.444 e. The molecule has 5 nitrogen and oxygen atoms in total. The Morgan fingerprint density at radius 2 is 1.88 bits per heavy atom. The van der Waals surface area contributed by atoms with Crippen LogP contribution in [0.2, 0.25) is 0 Å². The maximum absolute atomic E-state index is 14.2. The molecule has 2 heterocycles. The Kier molecular flexibility index (Phi) is 4.49. The van der Waals surface area contributed by atoms with Gasteiger partial charge in [-0.05, 0) is 26.8 Å². The monoisotopic (exact) mass is 355 g/mol. The summed E-state index contributed by atoms with van der Waals surface area (Å²) >= 11 is 0. The zero-order valence-corrected chi connectivity index (χ0v) is 14.6. The van der Waals surface area contributed by atoms with E-state index in [4.69, 9.17) is 9.47 Å². The molecule has 0 saturated carbocycles. The molecule has 1 N–H and O–H groups in total. The summed E-state index contributed by atoms with van der Waals surface area (Å²) in [6.45, 7) is 5.77. The minimum absolute atomic E-state index is 0.0586. The summed E-state index contributed by atoms with van der Waals surface area (Å²) in [6.07, 6.45) is -0.362. The lowest BCUT2D eigenvalue weighted by molar-refractivity contribution is -0.142. The molecule has 25 heavy (non-hydrogen) atoms. The van der Waals surface area contributed by atoms with Gasteiger partial charge in [0.2, 0.25) is 0 Å². The van der Waals surface area contributed by atoms with Gasteiger partial charge in [-0.25, -0.2) is 13.6 Å². The van der Waals surface area contributed by atoms with Crippen LogP contribution in [0.3, 0.4) is 0 Å². The normalized spacial score (nSPS) is 29.4. The Labute approximate surface area is 145 Å². The topological polar surface area (TPSA) is 59.0 Å². The number of hydrogen-bond donors (Lipinski definition) is 1. The second kappa shape index (κ2) is 6.21. The molecule has 2 unspecified atom stereocenters. The average molecular weight is 355 g/mol. The molecule has 0 aliphatic carbocycles. The molecular formula is C18H23F2NO4. The number of amides is 1. The number of hydrogen-bond acceptors (Lipinski definition) is 4. The van der Waals surface area contributed by atoms with Crippen molar-refractivity contribution < 1.29 is 28.2 Å². The van der Waals surface area contributed by atoms with E-state index in [2.05, 4.69) is 0 Å². The maximum atomic E-state index is 14.2. The highest BCUT2D eigenvalue weighted by Crippen LogP contribution is 2.42. The molecule has 0 radical (unpaired) electrons. The van der Waals surface area contributed by atoms with Crippen molar-refractivity contribution in [3.8, 4) is 0 Å². The van der Waals surface area contributed by atoms with E-state index in [-0.39, 0.29) is 31.6 Å². The Morgan fingerprint density at radius 3 is 2.44 bits per heavy atom. The second-order valence-electron chi connectivity index (χ2n) is 7.77. The number of rotatable bonds is 1. The van der Waals surface area contributed by atoms with Gasteiger partial charge in [-0.3, -0.25) is 4.90 Å². The second-order valence-corrected chi connectivity index (χ2v) is 7.77. The zero-order valence-electron chi connectivity index (χ0n) is 14.6. The van der Waals surface area contributed by atoms with Crippen molar-refractivity contribution in [3.05, 3.63) is 35.4 Å². The first kappa shape index (κ1) is 18.1. The van der Waals surface area contributed by atoms with Crippen LogP contribution in [-0.2, 0) is 15.1 Å². The highest BCUT2D eigenvalue weighted by Gasteiger charge is 2.50. The third kappa shape index (κ3) is 3.48. The van der Waals surface area contributed by atoms with Crippen LogP contribution in [0.1, 0.15) is 39.2 Å². The van der Waals surface area contributed by atoms with Gasteiger partial charge in [0.25, 0.3) is 0 Å². The van der Waals surface area contributed by atoms with Crippen LogP contribution in [0, 0.1) is 11.6 Å². The van der Waals surface area contributed by atoms with E-state index in [0.29, 0.717) is 0 Å². The number of piperidine rings is 1. The number of carbonyl (C=O) groups is 1. The summed E-state index contributed by atoms with van der Waals surface area (Å²) in [4.78, 5) is 14.1. The Bertz CT molecular complexity index is 660. The van der Waals surface area contributed by atoms with Crippen molar-refractivity contribution in [1.29, 1.82) is 0 Å². The highest BCUT2D eigenvalue weighted by molar-refractivity contribution is 5.69. The molecule has 2 aliphatic heterocycles. The van der Waals surface area contributed by atoms with Crippen LogP contribution < -0.4 is 0 Å². The van der Waals surface area contributed by atoms with E-state index >= 15 is 0 Å². The summed E-state index contributed by atoms with van der Waals surface area (Å²) in [5.74, 6) is -2.04. The maximum Gasteiger partial charge on any atom is 0.410 e. The first-order chi connectivity index (χ1) is 11.6. The number of halogens is 2. The van der Waals surface area contributed by atoms with Crippen LogP contribution in [0.4, 0.5) is 13.6 Å². The van der Waals surface area contributed by atoms with Gasteiger partial charge in [0.05, 0.1) is 30.9 Å². The van der Waals surface area contributed by atoms with E-state index in [1.54, 1.807) is 25.7 Å². The summed E-state index contributed by atoms with van der Waals surface area (Å²) in [5, 5.41) is 11.0. The minimum atomic E-state index is -1.55. The molecule has 1 aromatic carbocycles. The van der Waals surface area contributed by atoms with Gasteiger partial charge >= 0.3 is 6.09 Å². The van der Waals surface area contributed by atoms with Gasteiger partial charge in [0, 0.05) is 18.4 Å². The van der Waals surface area contributed by atoms with Gasteiger partial charge < -0.3 is 14.6 Å². The number of nitrogens with zero attached hydrogens (tertiary/aromatic N) is 1. The van der Waals surface area contributed by atoms with Crippen LogP contribution >= 0.6 is 0 Å². The molecule has 2 aliphatic rings. The van der Waals surface area contributed by atoms with Gasteiger partial charge in [-0.1, -0.05) is 12.1 Å². The van der Waals surface area contributed by atoms with Crippen molar-refractivity contribution in [2.75, 3.05) is 13.2 Å². The molecule has 2 atom stereocenters. The molecule has 2 saturated heterocycles. The van der Waals surface area contributed by atoms with Crippen molar-refractivity contribution >= 4 is 6.09 Å². The van der Waals surface area contributed by atoms with Crippen LogP contribution in [0.5, 0.6) is 0 Å². The van der Waals surface area contributed by atoms with E-state index in [0.717, 1.165) is 6.07 Å². The fourth-order valence-corrected chi connectivity index (χ4v) is 3.67. The highest BCUT2D eigenvalue weighted by atomic mass is 19.2. The minimum Gasteiger partial charge on any atom is -0.444 e. The number of morpholine rings is 1. The predicted molar refractivity (Wildman–Crippen MR) is 86.0 cm³/mol. The molecule has 1 aromatic rings. The number of benzene rings is 1. The molecule has 2 bridgehead atoms. The SMILES string of the molecule is CC(C)(C)OC(=O)N1C2COCC1CC(O)(c1cccc(F)c1F)C2. The van der Waals surface area contributed by atoms with Crippen molar-refractivity contribution in [2.24, 2.45) is 0 Å². The molecule has 1 amide bonds. The number of fused-ring (bicyclic) bond motifs is 2.